The number of amides is 1. The Morgan fingerprint density at radius 1 is 1.50 bits per heavy atom. The summed E-state index contributed by atoms with van der Waals surface area (Å²) in [5.74, 6) is 0.299. The van der Waals surface area contributed by atoms with Crippen molar-refractivity contribution < 1.29 is 14.5 Å². The largest absolute Gasteiger partial charge is 0.470 e. The monoisotopic (exact) mass is 248 g/mol. The summed E-state index contributed by atoms with van der Waals surface area (Å²) in [6, 6.07) is 2.91. The van der Waals surface area contributed by atoms with Crippen LogP contribution in [0.3, 0.4) is 0 Å². The predicted octanol–water partition coefficient (Wildman–Crippen LogP) is 1.86. The van der Waals surface area contributed by atoms with Crippen LogP contribution < -0.4 is 4.74 Å². The van der Waals surface area contributed by atoms with Crippen LogP contribution >= 0.6 is 0 Å². The first kappa shape index (κ1) is 11.0. The number of ether oxygens (including phenoxy) is 1. The van der Waals surface area contributed by atoms with Crippen molar-refractivity contribution in [1.29, 1.82) is 0 Å². The molecule has 6 heteroatoms. The highest BCUT2D eigenvalue weighted by Gasteiger charge is 2.38. The Hall–Kier alpha value is -2.11. The molecule has 6 nitrogen and oxygen atoms in total. The third kappa shape index (κ3) is 1.45. The molecule has 1 atom stereocenters. The Morgan fingerprint density at radius 3 is 3.00 bits per heavy atom. The van der Waals surface area contributed by atoms with Crippen LogP contribution in [-0.2, 0) is 0 Å². The molecule has 1 saturated heterocycles. The quantitative estimate of drug-likeness (QED) is 0.561. The molecule has 18 heavy (non-hydrogen) atoms. The lowest BCUT2D eigenvalue weighted by molar-refractivity contribution is -0.385. The molecule has 0 saturated carbocycles. The summed E-state index contributed by atoms with van der Waals surface area (Å²) >= 11 is 0. The highest BCUT2D eigenvalue weighted by molar-refractivity contribution is 5.99. The third-order valence-corrected chi connectivity index (χ3v) is 3.45. The van der Waals surface area contributed by atoms with Crippen LogP contribution in [0.4, 0.5) is 5.69 Å². The van der Waals surface area contributed by atoms with E-state index in [0.717, 1.165) is 12.8 Å². The average Bonchev–Trinajstić information content (AvgIpc) is 2.76. The molecule has 94 valence electrons. The molecule has 1 aromatic carbocycles. The van der Waals surface area contributed by atoms with Gasteiger partial charge < -0.3 is 9.64 Å². The van der Waals surface area contributed by atoms with Crippen molar-refractivity contribution >= 4 is 11.6 Å². The molecule has 1 unspecified atom stereocenters. The van der Waals surface area contributed by atoms with E-state index in [-0.39, 0.29) is 17.8 Å². The lowest BCUT2D eigenvalue weighted by atomic mass is 10.1. The van der Waals surface area contributed by atoms with E-state index in [1.54, 1.807) is 17.9 Å². The van der Waals surface area contributed by atoms with Crippen LogP contribution in [0.2, 0.25) is 0 Å². The van der Waals surface area contributed by atoms with Crippen molar-refractivity contribution in [3.63, 3.8) is 0 Å². The van der Waals surface area contributed by atoms with Crippen molar-refractivity contribution in [1.82, 2.24) is 4.90 Å². The van der Waals surface area contributed by atoms with Gasteiger partial charge in [-0.25, -0.2) is 0 Å². The average molecular weight is 248 g/mol. The number of carbonyl (C=O) groups is 1. The number of aryl methyl sites for hydroxylation is 1. The number of nitro groups is 1. The highest BCUT2D eigenvalue weighted by Crippen LogP contribution is 2.36. The zero-order valence-electron chi connectivity index (χ0n) is 9.88. The third-order valence-electron chi connectivity index (χ3n) is 3.45. The number of nitro benzene ring substituents is 1. The Bertz CT molecular complexity index is 555. The molecular weight excluding hydrogens is 236 g/mol. The van der Waals surface area contributed by atoms with Gasteiger partial charge in [-0.15, -0.1) is 0 Å². The molecule has 0 aromatic heterocycles. The van der Waals surface area contributed by atoms with Crippen molar-refractivity contribution in [3.05, 3.63) is 33.4 Å². The molecule has 3 rings (SSSR count). The Morgan fingerprint density at radius 2 is 2.28 bits per heavy atom. The van der Waals surface area contributed by atoms with Gasteiger partial charge >= 0.3 is 0 Å². The van der Waals surface area contributed by atoms with E-state index in [2.05, 4.69) is 0 Å². The number of benzene rings is 1. The fourth-order valence-electron chi connectivity index (χ4n) is 2.52. The molecule has 0 N–H and O–H groups in total. The number of carbonyl (C=O) groups excluding carboxylic acids is 1. The Labute approximate surface area is 103 Å². The van der Waals surface area contributed by atoms with Crippen LogP contribution in [0.15, 0.2) is 12.1 Å². The van der Waals surface area contributed by atoms with Crippen molar-refractivity contribution in [2.75, 3.05) is 6.54 Å². The fourth-order valence-corrected chi connectivity index (χ4v) is 2.52. The summed E-state index contributed by atoms with van der Waals surface area (Å²) in [6.07, 6.45) is 1.53. The Balaban J connectivity index is 2.11. The number of hydrogen-bond donors (Lipinski definition) is 0. The van der Waals surface area contributed by atoms with Gasteiger partial charge in [0.2, 0.25) is 0 Å². The zero-order chi connectivity index (χ0) is 12.9. The van der Waals surface area contributed by atoms with Gasteiger partial charge in [0.1, 0.15) is 5.75 Å². The highest BCUT2D eigenvalue weighted by atomic mass is 16.6. The number of rotatable bonds is 1. The topological polar surface area (TPSA) is 72.7 Å². The molecular formula is C12H12N2O4. The van der Waals surface area contributed by atoms with Gasteiger partial charge in [-0.2, -0.15) is 0 Å². The lowest BCUT2D eigenvalue weighted by Gasteiger charge is -2.31. The summed E-state index contributed by atoms with van der Waals surface area (Å²) in [7, 11) is 0. The smallest absolute Gasteiger partial charge is 0.273 e. The van der Waals surface area contributed by atoms with E-state index in [1.807, 2.05) is 0 Å². The van der Waals surface area contributed by atoms with Crippen molar-refractivity contribution in [3.8, 4) is 5.75 Å². The van der Waals surface area contributed by atoms with E-state index in [1.165, 1.54) is 6.07 Å². The normalized spacial score (nSPS) is 21.3. The van der Waals surface area contributed by atoms with E-state index in [9.17, 15) is 14.9 Å². The minimum absolute atomic E-state index is 0.0386. The first-order chi connectivity index (χ1) is 8.58. The number of fused-ring (bicyclic) bond motifs is 2. The fraction of sp³-hybridized carbons (Fsp3) is 0.417. The molecule has 2 aliphatic rings. The molecule has 2 heterocycles. The van der Waals surface area contributed by atoms with Gasteiger partial charge in [0.05, 0.1) is 10.5 Å². The predicted molar refractivity (Wildman–Crippen MR) is 62.5 cm³/mol. The van der Waals surface area contributed by atoms with E-state index >= 15 is 0 Å². The van der Waals surface area contributed by atoms with Crippen LogP contribution in [0.5, 0.6) is 5.75 Å². The number of hydrogen-bond acceptors (Lipinski definition) is 4. The summed E-state index contributed by atoms with van der Waals surface area (Å²) in [5, 5.41) is 10.9. The van der Waals surface area contributed by atoms with Gasteiger partial charge in [-0.05, 0) is 19.4 Å². The van der Waals surface area contributed by atoms with E-state index < -0.39 is 4.92 Å². The summed E-state index contributed by atoms with van der Waals surface area (Å²) in [5.41, 5.74) is 0.770. The first-order valence-corrected chi connectivity index (χ1v) is 5.84. The van der Waals surface area contributed by atoms with Gasteiger partial charge in [0.25, 0.3) is 11.6 Å². The summed E-state index contributed by atoms with van der Waals surface area (Å²) in [4.78, 5) is 24.3. The minimum Gasteiger partial charge on any atom is -0.470 e. The van der Waals surface area contributed by atoms with E-state index in [0.29, 0.717) is 23.4 Å². The molecule has 2 aliphatic heterocycles. The van der Waals surface area contributed by atoms with Crippen molar-refractivity contribution in [2.45, 2.75) is 26.0 Å². The SMILES string of the molecule is Cc1cc2c(cc1[N+](=O)[O-])C(=O)N1CCCC1O2. The van der Waals surface area contributed by atoms with Gasteiger partial charge in [0, 0.05) is 24.6 Å². The van der Waals surface area contributed by atoms with E-state index in [4.69, 9.17) is 4.74 Å². The van der Waals surface area contributed by atoms with Crippen LogP contribution in [0, 0.1) is 17.0 Å². The second-order valence-corrected chi connectivity index (χ2v) is 4.61. The maximum Gasteiger partial charge on any atom is 0.273 e. The number of nitrogens with zero attached hydrogens (tertiary/aromatic N) is 2. The molecule has 0 radical (unpaired) electrons. The standard InChI is InChI=1S/C12H12N2O4/c1-7-5-10-8(6-9(7)14(16)17)12(15)13-4-2-3-11(13)18-10/h5-6,11H,2-4H2,1H3. The first-order valence-electron chi connectivity index (χ1n) is 5.84. The molecule has 1 fully saturated rings. The van der Waals surface area contributed by atoms with Crippen LogP contribution in [-0.4, -0.2) is 28.5 Å². The molecule has 0 bridgehead atoms. The second-order valence-electron chi connectivity index (χ2n) is 4.61. The molecule has 0 aliphatic carbocycles. The maximum atomic E-state index is 12.2. The van der Waals surface area contributed by atoms with Gasteiger partial charge in [-0.1, -0.05) is 0 Å². The van der Waals surface area contributed by atoms with Crippen LogP contribution in [0.25, 0.3) is 0 Å². The maximum absolute atomic E-state index is 12.2. The zero-order valence-corrected chi connectivity index (χ0v) is 9.88. The second kappa shape index (κ2) is 3.69. The minimum atomic E-state index is -0.473. The molecule has 1 aromatic rings. The van der Waals surface area contributed by atoms with Crippen LogP contribution in [0.1, 0.15) is 28.8 Å². The Kier molecular flexibility index (Phi) is 2.26. The van der Waals surface area contributed by atoms with Gasteiger partial charge in [0.15, 0.2) is 6.23 Å². The van der Waals surface area contributed by atoms with Gasteiger partial charge in [-0.3, -0.25) is 14.9 Å². The molecule has 1 amide bonds. The summed E-state index contributed by atoms with van der Waals surface area (Å²) < 4.78 is 5.72. The van der Waals surface area contributed by atoms with Crippen molar-refractivity contribution in [2.24, 2.45) is 0 Å². The lowest BCUT2D eigenvalue weighted by Crippen LogP contribution is -2.43. The summed E-state index contributed by atoms with van der Waals surface area (Å²) in [6.45, 7) is 2.30. The molecule has 0 spiro atoms.